The van der Waals surface area contributed by atoms with Gasteiger partial charge in [0.1, 0.15) is 6.04 Å². The van der Waals surface area contributed by atoms with Crippen LogP contribution in [0.1, 0.15) is 32.6 Å². The van der Waals surface area contributed by atoms with Crippen LogP contribution in [0.3, 0.4) is 0 Å². The number of halogens is 1. The summed E-state index contributed by atoms with van der Waals surface area (Å²) >= 11 is 8.16. The standard InChI is InChI=1S/C33H36ClN3O4S/c1-32-17-11-20-35(23-13-5-4-6-14-23)29(39)26(32)27-30(40)37(19-9-2-3-10-22-38)28-31(41)36(21-12-18-33(27,28)42-32)25-16-8-7-15-24(25)34/h4-8,11-18,26-28,38H,2-3,9-10,19-22H2,1H3/t26-,27-,28?,32+,33-/m0/s1. The highest BCUT2D eigenvalue weighted by Gasteiger charge is 2.74. The Morgan fingerprint density at radius 2 is 1.52 bits per heavy atom. The predicted molar refractivity (Wildman–Crippen MR) is 168 cm³/mol. The van der Waals surface area contributed by atoms with Gasteiger partial charge in [-0.2, -0.15) is 0 Å². The topological polar surface area (TPSA) is 81.2 Å². The highest BCUT2D eigenvalue weighted by Crippen LogP contribution is 2.65. The number of carbonyl (C=O) groups excluding carboxylic acids is 3. The SMILES string of the molecule is C[C@@]12C=CCN(c3ccccc3)C(=O)[C@@H]1[C@H]1C(=O)N(CCCCCCO)C3C(=O)N(c4ccccc4Cl)CC=C[C@@]31S2. The number of para-hydroxylation sites is 2. The molecule has 1 spiro atoms. The van der Waals surface area contributed by atoms with Gasteiger partial charge in [0, 0.05) is 36.7 Å². The van der Waals surface area contributed by atoms with Crippen molar-refractivity contribution >= 4 is 52.5 Å². The molecular weight excluding hydrogens is 570 g/mol. The van der Waals surface area contributed by atoms with E-state index >= 15 is 0 Å². The van der Waals surface area contributed by atoms with Gasteiger partial charge in [0.25, 0.3) is 5.91 Å². The van der Waals surface area contributed by atoms with Crippen LogP contribution in [0, 0.1) is 11.8 Å². The molecule has 1 unspecified atom stereocenters. The summed E-state index contributed by atoms with van der Waals surface area (Å²) in [6, 6.07) is 16.1. The number of benzene rings is 2. The van der Waals surface area contributed by atoms with Crippen molar-refractivity contribution in [3.63, 3.8) is 0 Å². The molecule has 7 nitrogen and oxygen atoms in total. The number of unbranched alkanes of at least 4 members (excludes halogenated alkanes) is 3. The fourth-order valence-corrected chi connectivity index (χ4v) is 9.63. The zero-order chi connectivity index (χ0) is 29.5. The van der Waals surface area contributed by atoms with Crippen LogP contribution in [0.2, 0.25) is 5.02 Å². The first kappa shape index (κ1) is 29.0. The number of fused-ring (bicyclic) bond motifs is 2. The maximum Gasteiger partial charge on any atom is 0.251 e. The third kappa shape index (κ3) is 4.68. The first-order chi connectivity index (χ1) is 20.3. The Hall–Kier alpha value is -3.07. The lowest BCUT2D eigenvalue weighted by Gasteiger charge is -2.37. The molecular formula is C33H36ClN3O4S. The molecule has 0 aliphatic carbocycles. The molecule has 2 saturated heterocycles. The summed E-state index contributed by atoms with van der Waals surface area (Å²) in [7, 11) is 0. The van der Waals surface area contributed by atoms with E-state index < -0.39 is 27.4 Å². The third-order valence-corrected chi connectivity index (χ3v) is 11.2. The van der Waals surface area contributed by atoms with E-state index in [-0.39, 0.29) is 24.3 Å². The molecule has 3 amide bonds. The number of hydrogen-bond donors (Lipinski definition) is 1. The Labute approximate surface area is 256 Å². The Balaban J connectivity index is 1.43. The van der Waals surface area contributed by atoms with Crippen molar-refractivity contribution < 1.29 is 19.5 Å². The minimum atomic E-state index is -0.908. The molecule has 0 aromatic heterocycles. The smallest absolute Gasteiger partial charge is 0.251 e. The minimum absolute atomic E-state index is 0.0898. The molecule has 4 heterocycles. The van der Waals surface area contributed by atoms with Gasteiger partial charge >= 0.3 is 0 Å². The van der Waals surface area contributed by atoms with Crippen LogP contribution < -0.4 is 9.80 Å². The predicted octanol–water partition coefficient (Wildman–Crippen LogP) is 5.09. The van der Waals surface area contributed by atoms with Gasteiger partial charge in [-0.15, -0.1) is 11.8 Å². The number of carbonyl (C=O) groups is 3. The lowest BCUT2D eigenvalue weighted by Crippen LogP contribution is -2.53. The monoisotopic (exact) mass is 605 g/mol. The van der Waals surface area contributed by atoms with E-state index in [0.29, 0.717) is 43.2 Å². The molecule has 220 valence electrons. The summed E-state index contributed by atoms with van der Waals surface area (Å²) in [6.07, 6.45) is 11.2. The quantitative estimate of drug-likeness (QED) is 0.335. The Morgan fingerprint density at radius 1 is 0.833 bits per heavy atom. The lowest BCUT2D eigenvalue weighted by atomic mass is 9.74. The second-order valence-corrected chi connectivity index (χ2v) is 13.9. The summed E-state index contributed by atoms with van der Waals surface area (Å²) in [5, 5.41) is 9.69. The van der Waals surface area contributed by atoms with Gasteiger partial charge in [0.2, 0.25) is 11.8 Å². The number of likely N-dealkylation sites (tertiary alicyclic amines) is 1. The van der Waals surface area contributed by atoms with Gasteiger partial charge in [0.15, 0.2) is 0 Å². The van der Waals surface area contributed by atoms with Crippen LogP contribution in [0.25, 0.3) is 0 Å². The van der Waals surface area contributed by atoms with Gasteiger partial charge in [-0.1, -0.05) is 79.1 Å². The van der Waals surface area contributed by atoms with E-state index in [9.17, 15) is 19.5 Å². The van der Waals surface area contributed by atoms with Crippen molar-refractivity contribution in [2.24, 2.45) is 11.8 Å². The van der Waals surface area contributed by atoms with Crippen molar-refractivity contribution in [2.75, 3.05) is 36.0 Å². The summed E-state index contributed by atoms with van der Waals surface area (Å²) in [5.41, 5.74) is 1.40. The zero-order valence-electron chi connectivity index (χ0n) is 23.7. The third-order valence-electron chi connectivity index (χ3n) is 9.08. The molecule has 42 heavy (non-hydrogen) atoms. The highest BCUT2D eigenvalue weighted by atomic mass is 35.5. The average Bonchev–Trinajstić information content (AvgIpc) is 3.24. The molecule has 5 atom stereocenters. The van der Waals surface area contributed by atoms with Crippen LogP contribution in [-0.4, -0.2) is 69.5 Å². The first-order valence-electron chi connectivity index (χ1n) is 14.7. The minimum Gasteiger partial charge on any atom is -0.396 e. The number of amides is 3. The molecule has 6 rings (SSSR count). The van der Waals surface area contributed by atoms with Gasteiger partial charge in [0.05, 0.1) is 27.3 Å². The first-order valence-corrected chi connectivity index (χ1v) is 15.9. The van der Waals surface area contributed by atoms with Crippen LogP contribution in [0.15, 0.2) is 78.9 Å². The van der Waals surface area contributed by atoms with Crippen LogP contribution >= 0.6 is 23.4 Å². The van der Waals surface area contributed by atoms with Crippen molar-refractivity contribution in [1.29, 1.82) is 0 Å². The van der Waals surface area contributed by atoms with Gasteiger partial charge in [-0.05, 0) is 44.0 Å². The maximum atomic E-state index is 14.6. The average molecular weight is 606 g/mol. The number of aliphatic hydroxyl groups excluding tert-OH is 1. The molecule has 0 bridgehead atoms. The summed E-state index contributed by atoms with van der Waals surface area (Å²) in [5.74, 6) is -1.74. The second-order valence-electron chi connectivity index (χ2n) is 11.7. The van der Waals surface area contributed by atoms with Crippen molar-refractivity contribution in [2.45, 2.75) is 48.1 Å². The van der Waals surface area contributed by atoms with Crippen molar-refractivity contribution in [3.8, 4) is 0 Å². The molecule has 0 saturated carbocycles. The van der Waals surface area contributed by atoms with E-state index in [4.69, 9.17) is 11.6 Å². The van der Waals surface area contributed by atoms with Crippen LogP contribution in [0.4, 0.5) is 11.4 Å². The van der Waals surface area contributed by atoms with E-state index in [1.54, 1.807) is 32.5 Å². The molecule has 2 aromatic carbocycles. The van der Waals surface area contributed by atoms with Crippen molar-refractivity contribution in [3.05, 3.63) is 83.9 Å². The lowest BCUT2D eigenvalue weighted by molar-refractivity contribution is -0.139. The van der Waals surface area contributed by atoms with Crippen molar-refractivity contribution in [1.82, 2.24) is 4.90 Å². The largest absolute Gasteiger partial charge is 0.396 e. The molecule has 9 heteroatoms. The van der Waals surface area contributed by atoms with Gasteiger partial charge < -0.3 is 19.8 Å². The molecule has 4 aliphatic rings. The van der Waals surface area contributed by atoms with Gasteiger partial charge in [-0.25, -0.2) is 0 Å². The fraction of sp³-hybridized carbons (Fsp3) is 0.424. The summed E-state index contributed by atoms with van der Waals surface area (Å²) in [4.78, 5) is 48.9. The number of hydrogen-bond acceptors (Lipinski definition) is 5. The Morgan fingerprint density at radius 3 is 2.29 bits per heavy atom. The molecule has 2 aromatic rings. The molecule has 2 fully saturated rings. The number of anilines is 2. The summed E-state index contributed by atoms with van der Waals surface area (Å²) < 4.78 is -1.58. The number of aliphatic hydroxyl groups is 1. The molecule has 0 radical (unpaired) electrons. The van der Waals surface area contributed by atoms with Crippen LogP contribution in [0.5, 0.6) is 0 Å². The zero-order valence-corrected chi connectivity index (χ0v) is 25.3. The second kappa shape index (κ2) is 11.5. The highest BCUT2D eigenvalue weighted by molar-refractivity contribution is 8.02. The molecule has 1 N–H and O–H groups in total. The number of rotatable bonds is 8. The van der Waals surface area contributed by atoms with E-state index in [1.165, 1.54) is 0 Å². The number of nitrogens with zero attached hydrogens (tertiary/aromatic N) is 3. The number of thioether (sulfide) groups is 1. The Kier molecular flexibility index (Phi) is 7.98. The maximum absolute atomic E-state index is 14.6. The summed E-state index contributed by atoms with van der Waals surface area (Å²) in [6.45, 7) is 3.35. The normalized spacial score (nSPS) is 30.3. The van der Waals surface area contributed by atoms with Crippen LogP contribution in [-0.2, 0) is 14.4 Å². The van der Waals surface area contributed by atoms with E-state index in [2.05, 4.69) is 6.08 Å². The Bertz CT molecular complexity index is 1430. The molecule has 4 aliphatic heterocycles. The van der Waals surface area contributed by atoms with E-state index in [0.717, 1.165) is 18.5 Å². The fourth-order valence-electron chi connectivity index (χ4n) is 7.24. The van der Waals surface area contributed by atoms with E-state index in [1.807, 2.05) is 73.7 Å². The van der Waals surface area contributed by atoms with Gasteiger partial charge in [-0.3, -0.25) is 14.4 Å².